The van der Waals surface area contributed by atoms with Crippen molar-refractivity contribution in [2.75, 3.05) is 0 Å². The van der Waals surface area contributed by atoms with Crippen LogP contribution >= 0.6 is 11.3 Å². The lowest BCUT2D eigenvalue weighted by Crippen LogP contribution is -1.80. The summed E-state index contributed by atoms with van der Waals surface area (Å²) in [5.74, 6) is 0. The van der Waals surface area contributed by atoms with E-state index in [0.29, 0.717) is 0 Å². The van der Waals surface area contributed by atoms with Gasteiger partial charge >= 0.3 is 0 Å². The first-order valence-corrected chi connectivity index (χ1v) is 5.47. The van der Waals surface area contributed by atoms with Crippen LogP contribution in [0.4, 0.5) is 0 Å². The number of aryl methyl sites for hydroxylation is 2. The van der Waals surface area contributed by atoms with Crippen LogP contribution in [-0.4, -0.2) is 4.98 Å². The Morgan fingerprint density at radius 3 is 3.00 bits per heavy atom. The second-order valence-electron chi connectivity index (χ2n) is 3.28. The van der Waals surface area contributed by atoms with Crippen LogP contribution in [0.5, 0.6) is 0 Å². The molecular weight excluding hydrogens is 178 g/mol. The van der Waals surface area contributed by atoms with E-state index in [4.69, 9.17) is 0 Å². The second-order valence-corrected chi connectivity index (χ2v) is 4.52. The quantitative estimate of drug-likeness (QED) is 0.707. The van der Waals surface area contributed by atoms with Crippen molar-refractivity contribution in [3.8, 4) is 0 Å². The van der Waals surface area contributed by atoms with Crippen molar-refractivity contribution in [1.29, 1.82) is 0 Å². The van der Waals surface area contributed by atoms with Gasteiger partial charge in [-0.25, -0.2) is 4.98 Å². The van der Waals surface area contributed by atoms with Crippen molar-refractivity contribution in [2.45, 2.75) is 26.7 Å². The number of aromatic nitrogens is 1. The Hall–Kier alpha value is -0.890. The van der Waals surface area contributed by atoms with Crippen LogP contribution in [-0.2, 0) is 6.42 Å². The van der Waals surface area contributed by atoms with Crippen LogP contribution in [0.25, 0.3) is 10.2 Å². The molecule has 0 aliphatic carbocycles. The maximum absolute atomic E-state index is 4.43. The number of hydrogen-bond donors (Lipinski definition) is 0. The van der Waals surface area contributed by atoms with Gasteiger partial charge in [0.1, 0.15) is 0 Å². The molecule has 1 aromatic carbocycles. The normalized spacial score (nSPS) is 10.9. The summed E-state index contributed by atoms with van der Waals surface area (Å²) in [7, 11) is 0. The largest absolute Gasteiger partial charge is 0.242 e. The Balaban J connectivity index is 2.48. The molecule has 0 aliphatic rings. The molecule has 2 heteroatoms. The van der Waals surface area contributed by atoms with E-state index in [1.807, 2.05) is 0 Å². The maximum atomic E-state index is 4.43. The maximum Gasteiger partial charge on any atom is 0.0907 e. The first kappa shape index (κ1) is 8.70. The summed E-state index contributed by atoms with van der Waals surface area (Å²) >= 11 is 1.78. The van der Waals surface area contributed by atoms with E-state index in [1.54, 1.807) is 11.3 Å². The van der Waals surface area contributed by atoms with E-state index < -0.39 is 0 Å². The van der Waals surface area contributed by atoms with Gasteiger partial charge in [-0.15, -0.1) is 11.3 Å². The second kappa shape index (κ2) is 3.46. The average molecular weight is 191 g/mol. The topological polar surface area (TPSA) is 12.9 Å². The Bertz CT molecular complexity index is 417. The SMILES string of the molecule is CCCc1ccc2nc(C)sc2c1. The highest BCUT2D eigenvalue weighted by atomic mass is 32.1. The van der Waals surface area contributed by atoms with Gasteiger partial charge in [-0.2, -0.15) is 0 Å². The molecule has 0 aliphatic heterocycles. The molecule has 0 fully saturated rings. The van der Waals surface area contributed by atoms with Crippen LogP contribution in [0.1, 0.15) is 23.9 Å². The molecule has 2 rings (SSSR count). The van der Waals surface area contributed by atoms with Gasteiger partial charge in [-0.1, -0.05) is 19.4 Å². The van der Waals surface area contributed by atoms with Gasteiger partial charge in [0.15, 0.2) is 0 Å². The van der Waals surface area contributed by atoms with Crippen molar-refractivity contribution >= 4 is 21.6 Å². The Morgan fingerprint density at radius 1 is 1.38 bits per heavy atom. The van der Waals surface area contributed by atoms with Crippen molar-refractivity contribution in [1.82, 2.24) is 4.98 Å². The highest BCUT2D eigenvalue weighted by Gasteiger charge is 2.00. The molecule has 0 N–H and O–H groups in total. The van der Waals surface area contributed by atoms with Gasteiger partial charge in [0, 0.05) is 0 Å². The molecule has 1 aromatic heterocycles. The molecule has 2 aromatic rings. The summed E-state index contributed by atoms with van der Waals surface area (Å²) in [6.45, 7) is 4.27. The van der Waals surface area contributed by atoms with Crippen molar-refractivity contribution in [3.05, 3.63) is 28.8 Å². The summed E-state index contributed by atoms with van der Waals surface area (Å²) in [6.07, 6.45) is 2.39. The number of hydrogen-bond acceptors (Lipinski definition) is 2. The van der Waals surface area contributed by atoms with E-state index >= 15 is 0 Å². The number of benzene rings is 1. The number of nitrogens with zero attached hydrogens (tertiary/aromatic N) is 1. The highest BCUT2D eigenvalue weighted by Crippen LogP contribution is 2.22. The fourth-order valence-corrected chi connectivity index (χ4v) is 2.42. The lowest BCUT2D eigenvalue weighted by atomic mass is 10.1. The molecule has 0 saturated carbocycles. The zero-order chi connectivity index (χ0) is 9.26. The third-order valence-corrected chi connectivity index (χ3v) is 3.03. The third-order valence-electron chi connectivity index (χ3n) is 2.10. The molecule has 1 heterocycles. The van der Waals surface area contributed by atoms with E-state index in [2.05, 4.69) is 37.0 Å². The molecule has 0 bridgehead atoms. The molecule has 0 atom stereocenters. The zero-order valence-corrected chi connectivity index (χ0v) is 8.82. The summed E-state index contributed by atoms with van der Waals surface area (Å²) in [4.78, 5) is 4.43. The van der Waals surface area contributed by atoms with E-state index in [9.17, 15) is 0 Å². The Morgan fingerprint density at radius 2 is 2.23 bits per heavy atom. The van der Waals surface area contributed by atoms with Crippen LogP contribution in [0, 0.1) is 6.92 Å². The number of thiazole rings is 1. The fourth-order valence-electron chi connectivity index (χ4n) is 1.53. The summed E-state index contributed by atoms with van der Waals surface area (Å²) in [5, 5.41) is 1.16. The van der Waals surface area contributed by atoms with Crippen LogP contribution in [0.3, 0.4) is 0 Å². The molecule has 1 nitrogen and oxygen atoms in total. The zero-order valence-electron chi connectivity index (χ0n) is 8.00. The van der Waals surface area contributed by atoms with E-state index in [0.717, 1.165) is 10.5 Å². The van der Waals surface area contributed by atoms with Gasteiger partial charge < -0.3 is 0 Å². The van der Waals surface area contributed by atoms with E-state index in [1.165, 1.54) is 23.1 Å². The fraction of sp³-hybridized carbons (Fsp3) is 0.364. The van der Waals surface area contributed by atoms with Gasteiger partial charge in [-0.3, -0.25) is 0 Å². The minimum absolute atomic E-state index is 1.14. The highest BCUT2D eigenvalue weighted by molar-refractivity contribution is 7.18. The van der Waals surface area contributed by atoms with E-state index in [-0.39, 0.29) is 0 Å². The first-order chi connectivity index (χ1) is 6.29. The molecule has 0 amide bonds. The predicted octanol–water partition coefficient (Wildman–Crippen LogP) is 3.56. The lowest BCUT2D eigenvalue weighted by molar-refractivity contribution is 0.924. The van der Waals surface area contributed by atoms with Crippen LogP contribution < -0.4 is 0 Å². The van der Waals surface area contributed by atoms with Gasteiger partial charge in [-0.05, 0) is 31.0 Å². The van der Waals surface area contributed by atoms with Crippen LogP contribution in [0.15, 0.2) is 18.2 Å². The molecule has 0 spiro atoms. The summed E-state index contributed by atoms with van der Waals surface area (Å²) in [6, 6.07) is 6.58. The minimum atomic E-state index is 1.14. The van der Waals surface area contributed by atoms with Gasteiger partial charge in [0.2, 0.25) is 0 Å². The summed E-state index contributed by atoms with van der Waals surface area (Å²) < 4.78 is 1.32. The molecule has 0 unspecified atom stereocenters. The molecule has 68 valence electrons. The average Bonchev–Trinajstić information content (AvgIpc) is 2.44. The van der Waals surface area contributed by atoms with Crippen LogP contribution in [0.2, 0.25) is 0 Å². The third kappa shape index (κ3) is 1.73. The monoisotopic (exact) mass is 191 g/mol. The number of fused-ring (bicyclic) bond motifs is 1. The Kier molecular flexibility index (Phi) is 2.32. The number of rotatable bonds is 2. The minimum Gasteiger partial charge on any atom is -0.242 e. The standard InChI is InChI=1S/C11H13NS/c1-3-4-9-5-6-10-11(7-9)13-8(2)12-10/h5-7H,3-4H2,1-2H3. The Labute approximate surface area is 82.4 Å². The summed E-state index contributed by atoms with van der Waals surface area (Å²) in [5.41, 5.74) is 2.57. The predicted molar refractivity (Wildman–Crippen MR) is 58.4 cm³/mol. The first-order valence-electron chi connectivity index (χ1n) is 4.65. The smallest absolute Gasteiger partial charge is 0.0907 e. The van der Waals surface area contributed by atoms with Crippen molar-refractivity contribution < 1.29 is 0 Å². The lowest BCUT2D eigenvalue weighted by Gasteiger charge is -1.96. The van der Waals surface area contributed by atoms with Gasteiger partial charge in [0.05, 0.1) is 15.2 Å². The molecule has 0 radical (unpaired) electrons. The molecule has 13 heavy (non-hydrogen) atoms. The van der Waals surface area contributed by atoms with Crippen molar-refractivity contribution in [3.63, 3.8) is 0 Å². The van der Waals surface area contributed by atoms with Gasteiger partial charge in [0.25, 0.3) is 0 Å². The van der Waals surface area contributed by atoms with Crippen molar-refractivity contribution in [2.24, 2.45) is 0 Å². The molecule has 0 saturated heterocycles. The molecular formula is C11H13NS.